The monoisotopic (exact) mass is 374 g/mol. The number of hydrogen-bond donors (Lipinski definition) is 0. The number of pyridine rings is 1. The van der Waals surface area contributed by atoms with Crippen LogP contribution >= 0.6 is 0 Å². The first-order chi connectivity index (χ1) is 14.1. The van der Waals surface area contributed by atoms with Crippen molar-refractivity contribution in [1.29, 1.82) is 0 Å². The van der Waals surface area contributed by atoms with E-state index in [-0.39, 0.29) is 6.71 Å². The molecule has 5 rings (SSSR count). The van der Waals surface area contributed by atoms with Crippen LogP contribution < -0.4 is 15.8 Å². The number of aromatic nitrogens is 1. The standard InChI is InChI=1S/C26H23BN2/c1-18-14-19(2)26(20(3)15-18)27-12-13-29(24-11-7-6-10-23(24)27)25-16-21-8-4-5-9-22(21)17-28-25/h4-17H,1-3H3. The Bertz CT molecular complexity index is 1240. The van der Waals surface area contributed by atoms with E-state index in [0.717, 1.165) is 11.2 Å². The summed E-state index contributed by atoms with van der Waals surface area (Å²) in [4.78, 5) is 6.95. The maximum absolute atomic E-state index is 4.75. The summed E-state index contributed by atoms with van der Waals surface area (Å²) in [7, 11) is 0. The Labute approximate surface area is 172 Å². The van der Waals surface area contributed by atoms with Gasteiger partial charge in [0.25, 0.3) is 0 Å². The van der Waals surface area contributed by atoms with Crippen LogP contribution in [0.5, 0.6) is 0 Å². The van der Waals surface area contributed by atoms with Gasteiger partial charge in [-0.1, -0.05) is 82.7 Å². The van der Waals surface area contributed by atoms with Crippen molar-refractivity contribution in [2.75, 3.05) is 4.90 Å². The second kappa shape index (κ2) is 6.93. The summed E-state index contributed by atoms with van der Waals surface area (Å²) in [6.07, 6.45) is 4.14. The van der Waals surface area contributed by atoms with Crippen molar-refractivity contribution in [2.24, 2.45) is 0 Å². The molecule has 3 aromatic carbocycles. The molecule has 1 aliphatic heterocycles. The van der Waals surface area contributed by atoms with E-state index in [0.29, 0.717) is 0 Å². The molecule has 29 heavy (non-hydrogen) atoms. The summed E-state index contributed by atoms with van der Waals surface area (Å²) in [6, 6.07) is 23.8. The Morgan fingerprint density at radius 2 is 1.48 bits per heavy atom. The average Bonchev–Trinajstić information content (AvgIpc) is 2.73. The van der Waals surface area contributed by atoms with Crippen molar-refractivity contribution in [3.05, 3.63) is 102 Å². The van der Waals surface area contributed by atoms with Crippen LogP contribution in [-0.4, -0.2) is 11.7 Å². The van der Waals surface area contributed by atoms with Gasteiger partial charge in [-0.25, -0.2) is 4.98 Å². The molecule has 0 fully saturated rings. The van der Waals surface area contributed by atoms with Crippen molar-refractivity contribution in [2.45, 2.75) is 20.8 Å². The van der Waals surface area contributed by atoms with E-state index >= 15 is 0 Å². The highest BCUT2D eigenvalue weighted by Gasteiger charge is 2.28. The van der Waals surface area contributed by atoms with Crippen LogP contribution in [0.3, 0.4) is 0 Å². The lowest BCUT2D eigenvalue weighted by molar-refractivity contribution is 1.19. The summed E-state index contributed by atoms with van der Waals surface area (Å²) in [6.45, 7) is 6.87. The van der Waals surface area contributed by atoms with Gasteiger partial charge in [0, 0.05) is 17.3 Å². The third-order valence-electron chi connectivity index (χ3n) is 5.87. The number of aryl methyl sites for hydroxylation is 3. The Kier molecular flexibility index (Phi) is 4.24. The molecule has 0 amide bonds. The highest BCUT2D eigenvalue weighted by molar-refractivity contribution is 6.91. The first-order valence-electron chi connectivity index (χ1n) is 10.1. The number of anilines is 2. The molecule has 2 nitrogen and oxygen atoms in total. The lowest BCUT2D eigenvalue weighted by Gasteiger charge is -2.30. The van der Waals surface area contributed by atoms with E-state index < -0.39 is 0 Å². The molecular weight excluding hydrogens is 351 g/mol. The molecule has 0 unspecified atom stereocenters. The number of rotatable bonds is 2. The smallest absolute Gasteiger partial charge is 0.238 e. The third kappa shape index (κ3) is 3.03. The van der Waals surface area contributed by atoms with Gasteiger partial charge >= 0.3 is 0 Å². The first-order valence-corrected chi connectivity index (χ1v) is 10.1. The zero-order chi connectivity index (χ0) is 20.0. The Morgan fingerprint density at radius 1 is 0.793 bits per heavy atom. The number of benzene rings is 3. The van der Waals surface area contributed by atoms with Crippen molar-refractivity contribution in [1.82, 2.24) is 4.98 Å². The minimum absolute atomic E-state index is 0.253. The Balaban J connectivity index is 1.64. The quantitative estimate of drug-likeness (QED) is 0.461. The van der Waals surface area contributed by atoms with Crippen molar-refractivity contribution < 1.29 is 0 Å². The van der Waals surface area contributed by atoms with E-state index in [1.807, 2.05) is 6.20 Å². The van der Waals surface area contributed by atoms with E-state index in [1.165, 1.54) is 38.7 Å². The van der Waals surface area contributed by atoms with Crippen LogP contribution in [0.4, 0.5) is 11.5 Å². The molecule has 3 heteroatoms. The molecule has 0 bridgehead atoms. The van der Waals surface area contributed by atoms with Gasteiger partial charge < -0.3 is 4.90 Å². The van der Waals surface area contributed by atoms with E-state index in [9.17, 15) is 0 Å². The molecule has 140 valence electrons. The summed E-state index contributed by atoms with van der Waals surface area (Å²) in [5.74, 6) is 3.26. The van der Waals surface area contributed by atoms with Gasteiger partial charge in [-0.05, 0) is 50.0 Å². The highest BCUT2D eigenvalue weighted by atomic mass is 15.2. The molecule has 4 aromatic rings. The molecule has 0 radical (unpaired) electrons. The van der Waals surface area contributed by atoms with E-state index in [1.54, 1.807) is 0 Å². The second-order valence-electron chi connectivity index (χ2n) is 7.95. The van der Waals surface area contributed by atoms with Crippen LogP contribution in [0.15, 0.2) is 85.1 Å². The van der Waals surface area contributed by atoms with Crippen LogP contribution in [0.1, 0.15) is 16.7 Å². The zero-order valence-electron chi connectivity index (χ0n) is 17.1. The van der Waals surface area contributed by atoms with Crippen LogP contribution in [0.25, 0.3) is 10.8 Å². The topological polar surface area (TPSA) is 16.1 Å². The molecule has 0 saturated heterocycles. The lowest BCUT2D eigenvalue weighted by atomic mass is 9.38. The van der Waals surface area contributed by atoms with Gasteiger partial charge in [0.2, 0.25) is 6.71 Å². The van der Waals surface area contributed by atoms with Crippen molar-refractivity contribution in [3.63, 3.8) is 0 Å². The molecule has 1 aliphatic rings. The molecule has 0 spiro atoms. The summed E-state index contributed by atoms with van der Waals surface area (Å²) >= 11 is 0. The van der Waals surface area contributed by atoms with Crippen LogP contribution in [0, 0.1) is 20.8 Å². The molecule has 0 atom stereocenters. The lowest BCUT2D eigenvalue weighted by Crippen LogP contribution is -2.47. The van der Waals surface area contributed by atoms with Gasteiger partial charge in [-0.3, -0.25) is 0 Å². The van der Waals surface area contributed by atoms with Crippen LogP contribution in [0.2, 0.25) is 0 Å². The molecule has 0 N–H and O–H groups in total. The van der Waals surface area contributed by atoms with Crippen molar-refractivity contribution >= 4 is 39.9 Å². The molecule has 2 heterocycles. The van der Waals surface area contributed by atoms with Gasteiger partial charge in [-0.15, -0.1) is 0 Å². The van der Waals surface area contributed by atoms with Crippen molar-refractivity contribution in [3.8, 4) is 0 Å². The SMILES string of the molecule is Cc1cc(C)c(B2C=CN(c3cc4ccccc4cn3)c3ccccc32)c(C)c1. The summed E-state index contributed by atoms with van der Waals surface area (Å²) in [5.41, 5.74) is 7.94. The summed E-state index contributed by atoms with van der Waals surface area (Å²) in [5, 5.41) is 2.37. The maximum atomic E-state index is 4.75. The number of nitrogens with zero attached hydrogens (tertiary/aromatic N) is 2. The Morgan fingerprint density at radius 3 is 2.28 bits per heavy atom. The molecule has 1 aromatic heterocycles. The Hall–Kier alpha value is -3.33. The number of fused-ring (bicyclic) bond motifs is 2. The highest BCUT2D eigenvalue weighted by Crippen LogP contribution is 2.28. The predicted octanol–water partition coefficient (Wildman–Crippen LogP) is 4.97. The average molecular weight is 374 g/mol. The van der Waals surface area contributed by atoms with E-state index in [2.05, 4.69) is 105 Å². The number of para-hydroxylation sites is 1. The predicted molar refractivity (Wildman–Crippen MR) is 125 cm³/mol. The number of hydrogen-bond acceptors (Lipinski definition) is 2. The third-order valence-corrected chi connectivity index (χ3v) is 5.87. The minimum atomic E-state index is 0.253. The van der Waals surface area contributed by atoms with Gasteiger partial charge in [0.05, 0.1) is 0 Å². The summed E-state index contributed by atoms with van der Waals surface area (Å²) < 4.78 is 0. The first kappa shape index (κ1) is 17.8. The van der Waals surface area contributed by atoms with Gasteiger partial charge in [0.15, 0.2) is 0 Å². The second-order valence-corrected chi connectivity index (χ2v) is 7.95. The largest absolute Gasteiger partial charge is 0.303 e. The molecule has 0 aliphatic carbocycles. The fourth-order valence-electron chi connectivity index (χ4n) is 4.66. The fraction of sp³-hybridized carbons (Fsp3) is 0.115. The zero-order valence-corrected chi connectivity index (χ0v) is 17.1. The normalized spacial score (nSPS) is 13.1. The maximum Gasteiger partial charge on any atom is 0.238 e. The van der Waals surface area contributed by atoms with Crippen LogP contribution in [-0.2, 0) is 0 Å². The molecule has 0 saturated carbocycles. The van der Waals surface area contributed by atoms with Gasteiger partial charge in [-0.2, -0.15) is 0 Å². The molecular formula is C26H23BN2. The van der Waals surface area contributed by atoms with E-state index in [4.69, 9.17) is 4.98 Å². The van der Waals surface area contributed by atoms with Gasteiger partial charge in [0.1, 0.15) is 5.82 Å². The minimum Gasteiger partial charge on any atom is -0.303 e. The fourth-order valence-corrected chi connectivity index (χ4v) is 4.66.